The van der Waals surface area contributed by atoms with Crippen LogP contribution in [0.1, 0.15) is 30.1 Å². The number of hydrogen-bond acceptors (Lipinski definition) is 11. The molecule has 0 radical (unpaired) electrons. The number of alkyl halides is 3. The van der Waals surface area contributed by atoms with E-state index in [9.17, 15) is 38.0 Å². The van der Waals surface area contributed by atoms with Crippen molar-refractivity contribution < 1.29 is 51.7 Å². The van der Waals surface area contributed by atoms with E-state index in [0.29, 0.717) is 24.6 Å². The molecule has 2 unspecified atom stereocenters. The van der Waals surface area contributed by atoms with Crippen LogP contribution in [0.4, 0.5) is 18.9 Å². The number of nitro groups is 1. The number of carbonyl (C=O) groups is 2. The van der Waals surface area contributed by atoms with Crippen LogP contribution in [0.3, 0.4) is 0 Å². The second-order valence-corrected chi connectivity index (χ2v) is 10.6. The molecule has 4 rings (SSSR count). The number of aliphatic hydroxyl groups excluding tert-OH is 1. The molecule has 1 heterocycles. The van der Waals surface area contributed by atoms with E-state index < -0.39 is 52.0 Å². The lowest BCUT2D eigenvalue weighted by atomic mass is 9.80. The van der Waals surface area contributed by atoms with Crippen LogP contribution in [0, 0.1) is 10.1 Å². The van der Waals surface area contributed by atoms with Gasteiger partial charge in [0.25, 0.3) is 5.69 Å². The highest BCUT2D eigenvalue weighted by Gasteiger charge is 2.47. The van der Waals surface area contributed by atoms with E-state index in [2.05, 4.69) is 15.4 Å². The molecule has 1 aliphatic heterocycles. The Hall–Kier alpha value is -5.41. The van der Waals surface area contributed by atoms with Crippen LogP contribution >= 0.6 is 0 Å². The molecule has 0 saturated carbocycles. The normalized spacial score (nSPS) is 15.3. The molecule has 3 aromatic carbocycles. The van der Waals surface area contributed by atoms with Crippen LogP contribution < -0.4 is 20.1 Å². The lowest BCUT2D eigenvalue weighted by molar-refractivity contribution is -0.384. The Kier molecular flexibility index (Phi) is 12.4. The van der Waals surface area contributed by atoms with Gasteiger partial charge in [-0.05, 0) is 30.2 Å². The van der Waals surface area contributed by atoms with Gasteiger partial charge in [-0.15, -0.1) is 0 Å². The number of rotatable bonds is 15. The number of halogens is 3. The van der Waals surface area contributed by atoms with Crippen LogP contribution in [-0.2, 0) is 19.1 Å². The zero-order valence-electron chi connectivity index (χ0n) is 26.5. The minimum atomic E-state index is -5.07. The number of non-ortho nitro benzene ring substituents is 1. The van der Waals surface area contributed by atoms with Crippen molar-refractivity contribution in [2.24, 2.45) is 0 Å². The van der Waals surface area contributed by atoms with Gasteiger partial charge in [-0.2, -0.15) is 13.2 Å². The van der Waals surface area contributed by atoms with Gasteiger partial charge in [0.15, 0.2) is 11.5 Å². The number of allylic oxidation sites excluding steroid dienone is 2. The molecule has 3 N–H and O–H groups in total. The summed E-state index contributed by atoms with van der Waals surface area (Å²) in [6, 6.07) is 20.5. The van der Waals surface area contributed by atoms with E-state index in [-0.39, 0.29) is 36.7 Å². The highest BCUT2D eigenvalue weighted by atomic mass is 19.4. The number of nitrogens with one attached hydrogen (secondary N) is 2. The van der Waals surface area contributed by atoms with E-state index in [1.54, 1.807) is 24.3 Å². The van der Waals surface area contributed by atoms with Crippen molar-refractivity contribution in [2.75, 3.05) is 40.0 Å². The maximum absolute atomic E-state index is 14.1. The molecule has 0 spiro atoms. The van der Waals surface area contributed by atoms with Crippen molar-refractivity contribution in [2.45, 2.75) is 25.1 Å². The number of carbonyl (C=O) groups excluding carboxylic acids is 2. The predicted molar refractivity (Wildman–Crippen MR) is 169 cm³/mol. The second-order valence-electron chi connectivity index (χ2n) is 10.6. The topological polar surface area (TPSA) is 158 Å². The molecular formula is C34H34F3N3O9. The Morgan fingerprint density at radius 1 is 0.939 bits per heavy atom. The Morgan fingerprint density at radius 3 is 2.22 bits per heavy atom. The van der Waals surface area contributed by atoms with E-state index in [1.807, 2.05) is 30.3 Å². The third-order valence-corrected chi connectivity index (χ3v) is 7.37. The zero-order valence-corrected chi connectivity index (χ0v) is 26.5. The van der Waals surface area contributed by atoms with Gasteiger partial charge in [0.05, 0.1) is 35.2 Å². The predicted octanol–water partition coefficient (Wildman–Crippen LogP) is 4.87. The third-order valence-electron chi connectivity index (χ3n) is 7.37. The van der Waals surface area contributed by atoms with Crippen molar-refractivity contribution in [1.82, 2.24) is 10.6 Å². The molecule has 0 aliphatic carbocycles. The Balaban J connectivity index is 1.42. The number of hydrogen-bond donors (Lipinski definition) is 3. The Bertz CT molecular complexity index is 1710. The average Bonchev–Trinajstić information content (AvgIpc) is 3.09. The third kappa shape index (κ3) is 9.36. The number of dihydropyridines is 1. The minimum Gasteiger partial charge on any atom is -0.488 e. The van der Waals surface area contributed by atoms with Crippen molar-refractivity contribution >= 4 is 17.6 Å². The summed E-state index contributed by atoms with van der Waals surface area (Å²) in [6.07, 6.45) is -5.75. The first-order valence-electron chi connectivity index (χ1n) is 15.0. The first-order chi connectivity index (χ1) is 23.4. The van der Waals surface area contributed by atoms with E-state index in [1.165, 1.54) is 19.1 Å². The van der Waals surface area contributed by atoms with Gasteiger partial charge in [0.1, 0.15) is 25.5 Å². The van der Waals surface area contributed by atoms with Crippen LogP contribution in [0.2, 0.25) is 0 Å². The van der Waals surface area contributed by atoms with Gasteiger partial charge >= 0.3 is 18.1 Å². The van der Waals surface area contributed by atoms with Crippen molar-refractivity contribution in [3.8, 4) is 11.5 Å². The molecule has 3 aromatic rings. The van der Waals surface area contributed by atoms with E-state index in [4.69, 9.17) is 14.2 Å². The van der Waals surface area contributed by atoms with Crippen LogP contribution in [0.15, 0.2) is 101 Å². The Morgan fingerprint density at radius 2 is 1.59 bits per heavy atom. The molecule has 0 fully saturated rings. The average molecular weight is 686 g/mol. The standard InChI is InChI=1S/C34H34F3N3O9/c1-21-28(29(23-11-8-12-24(19-23)40(44)45)30(32(42)46-2)31(39-21)34(35,36)37)33(43)49-18-17-48-27-14-7-6-13-26(27)47-16-15-38-20-25(41)22-9-4-3-5-10-22/h3-14,19,25,29,38-39,41H,15-18,20H2,1-2H3. The SMILES string of the molecule is COC(=O)C1=C(C(F)(F)F)NC(C)=C(C(=O)OCCOc2ccccc2OCCNCC(O)c2ccccc2)C1c1cccc([N+](=O)[O-])c1. The first-order valence-corrected chi connectivity index (χ1v) is 15.0. The summed E-state index contributed by atoms with van der Waals surface area (Å²) in [5, 5.41) is 26.9. The van der Waals surface area contributed by atoms with Gasteiger partial charge in [-0.25, -0.2) is 9.59 Å². The fourth-order valence-corrected chi connectivity index (χ4v) is 5.12. The van der Waals surface area contributed by atoms with Gasteiger partial charge in [-0.3, -0.25) is 10.1 Å². The summed E-state index contributed by atoms with van der Waals surface area (Å²) in [4.78, 5) is 36.9. The molecule has 12 nitrogen and oxygen atoms in total. The fourth-order valence-electron chi connectivity index (χ4n) is 5.12. The molecule has 2 atom stereocenters. The summed E-state index contributed by atoms with van der Waals surface area (Å²) in [5.74, 6) is -3.46. The Labute approximate surface area is 279 Å². The van der Waals surface area contributed by atoms with E-state index in [0.717, 1.165) is 24.8 Å². The number of esters is 2. The van der Waals surface area contributed by atoms with Gasteiger partial charge in [0.2, 0.25) is 0 Å². The molecule has 15 heteroatoms. The highest BCUT2D eigenvalue weighted by molar-refractivity contribution is 6.00. The highest BCUT2D eigenvalue weighted by Crippen LogP contribution is 2.44. The smallest absolute Gasteiger partial charge is 0.431 e. The lowest BCUT2D eigenvalue weighted by Crippen LogP contribution is -2.38. The largest absolute Gasteiger partial charge is 0.488 e. The number of ether oxygens (including phenoxy) is 4. The van der Waals surface area contributed by atoms with Crippen molar-refractivity contribution in [1.29, 1.82) is 0 Å². The molecule has 0 aromatic heterocycles. The number of methoxy groups -OCH3 is 1. The van der Waals surface area contributed by atoms with Gasteiger partial charge in [-0.1, -0.05) is 54.6 Å². The number of nitrogens with zero attached hydrogens (tertiary/aromatic N) is 1. The zero-order chi connectivity index (χ0) is 35.6. The maximum Gasteiger partial charge on any atom is 0.431 e. The lowest BCUT2D eigenvalue weighted by Gasteiger charge is -2.31. The second kappa shape index (κ2) is 16.6. The number of benzene rings is 3. The number of nitro benzene ring substituents is 1. The van der Waals surface area contributed by atoms with Crippen LogP contribution in [-0.4, -0.2) is 68.2 Å². The minimum absolute atomic E-state index is 0.129. The molecule has 0 amide bonds. The quantitative estimate of drug-likeness (QED) is 0.0868. The summed E-state index contributed by atoms with van der Waals surface area (Å²) in [5.41, 5.74) is -2.88. The van der Waals surface area contributed by atoms with Crippen molar-refractivity contribution in [3.63, 3.8) is 0 Å². The molecule has 0 saturated heterocycles. The first kappa shape index (κ1) is 36.4. The maximum atomic E-state index is 14.1. The molecule has 260 valence electrons. The number of para-hydroxylation sites is 2. The molecule has 0 bridgehead atoms. The van der Waals surface area contributed by atoms with Crippen LogP contribution in [0.25, 0.3) is 0 Å². The molecule has 1 aliphatic rings. The van der Waals surface area contributed by atoms with E-state index >= 15 is 0 Å². The number of aliphatic hydroxyl groups is 1. The van der Waals surface area contributed by atoms with Crippen LogP contribution in [0.5, 0.6) is 11.5 Å². The molecule has 49 heavy (non-hydrogen) atoms. The summed E-state index contributed by atoms with van der Waals surface area (Å²) < 4.78 is 63.9. The van der Waals surface area contributed by atoms with Gasteiger partial charge in [0, 0.05) is 30.9 Å². The molecular weight excluding hydrogens is 651 g/mol. The van der Waals surface area contributed by atoms with Gasteiger partial charge < -0.3 is 34.7 Å². The fraction of sp³-hybridized carbons (Fsp3) is 0.294. The summed E-state index contributed by atoms with van der Waals surface area (Å²) in [6.45, 7) is 1.64. The summed E-state index contributed by atoms with van der Waals surface area (Å²) in [7, 11) is 0.878. The van der Waals surface area contributed by atoms with Crippen molar-refractivity contribution in [3.05, 3.63) is 123 Å². The monoisotopic (exact) mass is 685 g/mol. The summed E-state index contributed by atoms with van der Waals surface area (Å²) >= 11 is 0.